The molecule has 0 unspecified atom stereocenters. The number of carboxylic acids is 1. The SMILES string of the molecule is CCc1ccc(CCC(=O)O)cc1OC[Si](C)(C)c1ccc(CNCCc2ccc(O)cc2)cc1. The van der Waals surface area contributed by atoms with Gasteiger partial charge in [-0.25, -0.2) is 0 Å². The van der Waals surface area contributed by atoms with E-state index in [9.17, 15) is 9.90 Å². The van der Waals surface area contributed by atoms with Crippen LogP contribution in [-0.2, 0) is 30.6 Å². The fraction of sp³-hybridized carbons (Fsp3) is 0.345. The van der Waals surface area contributed by atoms with Crippen LogP contribution in [0, 0.1) is 0 Å². The van der Waals surface area contributed by atoms with E-state index in [0.717, 1.165) is 42.8 Å². The van der Waals surface area contributed by atoms with Gasteiger partial charge in [0.05, 0.1) is 6.23 Å². The minimum Gasteiger partial charge on any atom is -0.508 e. The Bertz CT molecular complexity index is 1090. The van der Waals surface area contributed by atoms with Crippen molar-refractivity contribution in [1.29, 1.82) is 0 Å². The van der Waals surface area contributed by atoms with E-state index in [1.807, 2.05) is 24.3 Å². The van der Waals surface area contributed by atoms with E-state index >= 15 is 0 Å². The summed E-state index contributed by atoms with van der Waals surface area (Å²) in [5, 5.41) is 23.2. The van der Waals surface area contributed by atoms with Crippen molar-refractivity contribution in [1.82, 2.24) is 5.32 Å². The minimum absolute atomic E-state index is 0.128. The van der Waals surface area contributed by atoms with Crippen molar-refractivity contribution in [2.75, 3.05) is 12.8 Å². The Morgan fingerprint density at radius 3 is 2.23 bits per heavy atom. The molecule has 0 aromatic heterocycles. The molecule has 0 amide bonds. The van der Waals surface area contributed by atoms with Crippen molar-refractivity contribution in [3.05, 3.63) is 89.0 Å². The number of rotatable bonds is 13. The summed E-state index contributed by atoms with van der Waals surface area (Å²) in [6.45, 7) is 8.44. The number of phenols is 1. The summed E-state index contributed by atoms with van der Waals surface area (Å²) >= 11 is 0. The van der Waals surface area contributed by atoms with Crippen LogP contribution in [0.1, 0.15) is 35.6 Å². The lowest BCUT2D eigenvalue weighted by molar-refractivity contribution is -0.136. The highest BCUT2D eigenvalue weighted by atomic mass is 28.3. The topological polar surface area (TPSA) is 78.8 Å². The van der Waals surface area contributed by atoms with Gasteiger partial charge in [0.2, 0.25) is 0 Å². The van der Waals surface area contributed by atoms with Crippen molar-refractivity contribution in [3.8, 4) is 11.5 Å². The number of carboxylic acid groups (broad SMARTS) is 1. The maximum atomic E-state index is 10.9. The zero-order valence-corrected chi connectivity index (χ0v) is 22.0. The normalized spacial score (nSPS) is 11.4. The highest BCUT2D eigenvalue weighted by Crippen LogP contribution is 2.23. The maximum absolute atomic E-state index is 10.9. The Balaban J connectivity index is 1.53. The number of phenolic OH excluding ortho intramolecular Hbond substituents is 1. The van der Waals surface area contributed by atoms with Crippen molar-refractivity contribution in [3.63, 3.8) is 0 Å². The van der Waals surface area contributed by atoms with Gasteiger partial charge in [0.1, 0.15) is 19.6 Å². The van der Waals surface area contributed by atoms with E-state index in [1.54, 1.807) is 12.1 Å². The standard InChI is InChI=1S/C29H37NO4Si/c1-4-25-11-5-23(10-16-29(32)33)19-28(25)34-21-35(2,3)27-14-8-24(9-15-27)20-30-18-17-22-6-12-26(31)13-7-22/h5-9,11-15,19,30-31H,4,10,16-18,20-21H2,1-3H3,(H,32,33). The van der Waals surface area contributed by atoms with Gasteiger partial charge in [-0.3, -0.25) is 4.79 Å². The van der Waals surface area contributed by atoms with Crippen LogP contribution in [0.15, 0.2) is 66.7 Å². The molecule has 6 heteroatoms. The van der Waals surface area contributed by atoms with Crippen molar-refractivity contribution >= 4 is 19.2 Å². The molecule has 0 aliphatic heterocycles. The molecule has 186 valence electrons. The van der Waals surface area contributed by atoms with Gasteiger partial charge in [0.15, 0.2) is 0 Å². The quantitative estimate of drug-likeness (QED) is 0.236. The molecule has 35 heavy (non-hydrogen) atoms. The van der Waals surface area contributed by atoms with Gasteiger partial charge < -0.3 is 20.3 Å². The Labute approximate surface area is 209 Å². The van der Waals surface area contributed by atoms with Crippen LogP contribution in [-0.4, -0.2) is 37.0 Å². The first-order chi connectivity index (χ1) is 16.8. The molecule has 0 saturated carbocycles. The van der Waals surface area contributed by atoms with Crippen molar-refractivity contribution < 1.29 is 19.7 Å². The summed E-state index contributed by atoms with van der Waals surface area (Å²) < 4.78 is 6.34. The molecule has 3 N–H and O–H groups in total. The zero-order valence-electron chi connectivity index (χ0n) is 21.0. The van der Waals surface area contributed by atoms with Gasteiger partial charge in [0.25, 0.3) is 0 Å². The Morgan fingerprint density at radius 1 is 0.914 bits per heavy atom. The van der Waals surface area contributed by atoms with Crippen LogP contribution < -0.4 is 15.2 Å². The summed E-state index contributed by atoms with van der Waals surface area (Å²) in [6, 6.07) is 22.3. The van der Waals surface area contributed by atoms with Crippen LogP contribution in [0.3, 0.4) is 0 Å². The molecule has 0 aliphatic rings. The Kier molecular flexibility index (Phi) is 9.52. The molecule has 3 aromatic rings. The molecule has 0 aliphatic carbocycles. The van der Waals surface area contributed by atoms with Crippen LogP contribution in [0.5, 0.6) is 11.5 Å². The van der Waals surface area contributed by atoms with E-state index < -0.39 is 14.0 Å². The summed E-state index contributed by atoms with van der Waals surface area (Å²) in [6.07, 6.45) is 3.12. The lowest BCUT2D eigenvalue weighted by Crippen LogP contribution is -2.47. The number of ether oxygens (including phenoxy) is 1. The summed E-state index contributed by atoms with van der Waals surface area (Å²) in [4.78, 5) is 10.9. The molecular weight excluding hydrogens is 454 g/mol. The second-order valence-electron chi connectivity index (χ2n) is 9.65. The fourth-order valence-corrected chi connectivity index (χ4v) is 5.73. The van der Waals surface area contributed by atoms with Crippen LogP contribution in [0.2, 0.25) is 13.1 Å². The number of carbonyl (C=O) groups is 1. The minimum atomic E-state index is -1.82. The summed E-state index contributed by atoms with van der Waals surface area (Å²) in [5.74, 6) is 0.399. The lowest BCUT2D eigenvalue weighted by atomic mass is 10.0. The molecule has 5 nitrogen and oxygen atoms in total. The largest absolute Gasteiger partial charge is 0.508 e. The van der Waals surface area contributed by atoms with Crippen molar-refractivity contribution in [2.24, 2.45) is 0 Å². The molecule has 0 spiro atoms. The Morgan fingerprint density at radius 2 is 1.57 bits per heavy atom. The average Bonchev–Trinajstić information content (AvgIpc) is 2.85. The Hall–Kier alpha value is -3.09. The first-order valence-electron chi connectivity index (χ1n) is 12.3. The van der Waals surface area contributed by atoms with E-state index in [4.69, 9.17) is 9.84 Å². The molecule has 3 rings (SSSR count). The second kappa shape index (κ2) is 12.6. The van der Waals surface area contributed by atoms with Gasteiger partial charge >= 0.3 is 5.97 Å². The highest BCUT2D eigenvalue weighted by molar-refractivity contribution is 6.89. The third kappa shape index (κ3) is 8.26. The van der Waals surface area contributed by atoms with Crippen LogP contribution in [0.25, 0.3) is 0 Å². The maximum Gasteiger partial charge on any atom is 0.303 e. The number of benzene rings is 3. The lowest BCUT2D eigenvalue weighted by Gasteiger charge is -2.24. The predicted octanol–water partition coefficient (Wildman–Crippen LogP) is 4.84. The average molecular weight is 492 g/mol. The second-order valence-corrected chi connectivity index (χ2v) is 14.3. The van der Waals surface area contributed by atoms with Crippen LogP contribution >= 0.6 is 0 Å². The molecule has 3 aromatic carbocycles. The molecule has 0 saturated heterocycles. The smallest absolute Gasteiger partial charge is 0.303 e. The molecular formula is C29H37NO4Si. The van der Waals surface area contributed by atoms with Gasteiger partial charge in [-0.1, -0.05) is 73.7 Å². The first-order valence-corrected chi connectivity index (χ1v) is 15.5. The van der Waals surface area contributed by atoms with Gasteiger partial charge in [-0.15, -0.1) is 0 Å². The molecule has 0 radical (unpaired) electrons. The number of aromatic hydroxyl groups is 1. The highest BCUT2D eigenvalue weighted by Gasteiger charge is 2.25. The van der Waals surface area contributed by atoms with E-state index in [-0.39, 0.29) is 6.42 Å². The van der Waals surface area contributed by atoms with E-state index in [2.05, 4.69) is 55.7 Å². The summed E-state index contributed by atoms with van der Waals surface area (Å²) in [5.41, 5.74) is 4.62. The fourth-order valence-electron chi connectivity index (χ4n) is 3.98. The van der Waals surface area contributed by atoms with Crippen molar-refractivity contribution in [2.45, 2.75) is 52.2 Å². The summed E-state index contributed by atoms with van der Waals surface area (Å²) in [7, 11) is -1.82. The zero-order chi connectivity index (χ0) is 25.3. The number of hydrogen-bond donors (Lipinski definition) is 3. The monoisotopic (exact) mass is 491 g/mol. The van der Waals surface area contributed by atoms with E-state index in [1.165, 1.54) is 16.3 Å². The third-order valence-corrected chi connectivity index (χ3v) is 9.08. The number of hydrogen-bond acceptors (Lipinski definition) is 4. The number of nitrogens with one attached hydrogen (secondary N) is 1. The third-order valence-electron chi connectivity index (χ3n) is 6.32. The van der Waals surface area contributed by atoms with E-state index in [0.29, 0.717) is 18.4 Å². The van der Waals surface area contributed by atoms with Crippen LogP contribution in [0.4, 0.5) is 0 Å². The number of aryl methyl sites for hydroxylation is 2. The van der Waals surface area contributed by atoms with Gasteiger partial charge in [0, 0.05) is 13.0 Å². The number of aliphatic carboxylic acids is 1. The first kappa shape index (κ1) is 26.5. The molecule has 0 fully saturated rings. The molecule has 0 heterocycles. The van der Waals surface area contributed by atoms with Gasteiger partial charge in [-0.2, -0.15) is 0 Å². The predicted molar refractivity (Wildman–Crippen MR) is 144 cm³/mol. The molecule has 0 bridgehead atoms. The van der Waals surface area contributed by atoms with Gasteiger partial charge in [-0.05, 0) is 66.3 Å². The molecule has 0 atom stereocenters.